The second-order valence-electron chi connectivity index (χ2n) is 7.34. The summed E-state index contributed by atoms with van der Waals surface area (Å²) in [6.45, 7) is 4.36. The van der Waals surface area contributed by atoms with Crippen molar-refractivity contribution in [3.8, 4) is 11.6 Å². The maximum Gasteiger partial charge on any atom is 0.243 e. The molecule has 2 aliphatic rings. The Hall–Kier alpha value is -2.98. The second-order valence-corrected chi connectivity index (χ2v) is 9.28. The second kappa shape index (κ2) is 7.37. The number of aromatic nitrogens is 4. The molecular weight excluding hydrogens is 404 g/mol. The average molecular weight is 427 g/mol. The molecule has 5 rings (SSSR count). The molecule has 0 radical (unpaired) electrons. The quantitative estimate of drug-likeness (QED) is 0.623. The van der Waals surface area contributed by atoms with Gasteiger partial charge in [0, 0.05) is 51.1 Å². The molecule has 30 heavy (non-hydrogen) atoms. The highest BCUT2D eigenvalue weighted by molar-refractivity contribution is 7.89. The van der Waals surface area contributed by atoms with Crippen molar-refractivity contribution in [2.45, 2.75) is 18.2 Å². The first-order valence-electron chi connectivity index (χ1n) is 9.87. The molecule has 2 aromatic heterocycles. The normalized spacial score (nSPS) is 17.0. The highest BCUT2D eigenvalue weighted by Crippen LogP contribution is 2.29. The van der Waals surface area contributed by atoms with Crippen molar-refractivity contribution in [3.05, 3.63) is 54.1 Å². The number of benzene rings is 1. The summed E-state index contributed by atoms with van der Waals surface area (Å²) < 4.78 is 35.0. The minimum atomic E-state index is -3.54. The number of sulfonamides is 1. The third-order valence-electron chi connectivity index (χ3n) is 5.41. The van der Waals surface area contributed by atoms with Gasteiger partial charge >= 0.3 is 0 Å². The van der Waals surface area contributed by atoms with Crippen LogP contribution in [0.3, 0.4) is 0 Å². The fourth-order valence-corrected chi connectivity index (χ4v) is 5.32. The molecular formula is C20H22N6O3S. The molecule has 1 aromatic carbocycles. The van der Waals surface area contributed by atoms with Crippen molar-refractivity contribution < 1.29 is 13.2 Å². The summed E-state index contributed by atoms with van der Waals surface area (Å²) in [5.74, 6) is 2.90. The first kappa shape index (κ1) is 19.0. The van der Waals surface area contributed by atoms with Gasteiger partial charge < -0.3 is 9.64 Å². The van der Waals surface area contributed by atoms with Gasteiger partial charge in [0.2, 0.25) is 10.0 Å². The number of rotatable bonds is 4. The van der Waals surface area contributed by atoms with Crippen LogP contribution in [0.15, 0.2) is 47.6 Å². The number of anilines is 1. The number of hydrogen-bond donors (Lipinski definition) is 0. The molecule has 0 amide bonds. The molecule has 9 nitrogen and oxygen atoms in total. The number of hydrogen-bond acceptors (Lipinski definition) is 7. The molecule has 0 atom stereocenters. The zero-order valence-electron chi connectivity index (χ0n) is 16.6. The van der Waals surface area contributed by atoms with E-state index in [0.717, 1.165) is 23.6 Å². The van der Waals surface area contributed by atoms with Crippen molar-refractivity contribution in [2.75, 3.05) is 37.7 Å². The zero-order valence-corrected chi connectivity index (χ0v) is 17.4. The molecule has 0 N–H and O–H groups in total. The largest absolute Gasteiger partial charge is 0.493 e. The van der Waals surface area contributed by atoms with E-state index in [9.17, 15) is 8.42 Å². The van der Waals surface area contributed by atoms with Gasteiger partial charge in [0.05, 0.1) is 11.5 Å². The van der Waals surface area contributed by atoms with Gasteiger partial charge in [0.15, 0.2) is 5.82 Å². The third-order valence-corrected chi connectivity index (χ3v) is 7.31. The van der Waals surface area contributed by atoms with Crippen molar-refractivity contribution in [2.24, 2.45) is 0 Å². The Morgan fingerprint density at radius 1 is 1.03 bits per heavy atom. The number of nitrogens with zero attached hydrogens (tertiary/aromatic N) is 6. The summed E-state index contributed by atoms with van der Waals surface area (Å²) in [5.41, 5.74) is 0.956. The van der Waals surface area contributed by atoms with Crippen LogP contribution in [0.2, 0.25) is 0 Å². The van der Waals surface area contributed by atoms with E-state index in [4.69, 9.17) is 4.74 Å². The fourth-order valence-electron chi connectivity index (χ4n) is 3.85. The van der Waals surface area contributed by atoms with Crippen molar-refractivity contribution >= 4 is 15.8 Å². The highest BCUT2D eigenvalue weighted by atomic mass is 32.2. The van der Waals surface area contributed by atoms with Crippen LogP contribution in [0.1, 0.15) is 11.4 Å². The van der Waals surface area contributed by atoms with Crippen LogP contribution in [0.4, 0.5) is 5.82 Å². The number of aryl methyl sites for hydroxylation is 1. The van der Waals surface area contributed by atoms with E-state index >= 15 is 0 Å². The zero-order chi connectivity index (χ0) is 20.7. The Bertz CT molecular complexity index is 1170. The lowest BCUT2D eigenvalue weighted by molar-refractivity contribution is 0.356. The lowest BCUT2D eigenvalue weighted by atomic mass is 10.2. The van der Waals surface area contributed by atoms with E-state index in [1.807, 2.05) is 25.3 Å². The van der Waals surface area contributed by atoms with Crippen molar-refractivity contribution in [1.29, 1.82) is 0 Å². The van der Waals surface area contributed by atoms with Crippen LogP contribution in [0, 0.1) is 6.92 Å². The monoisotopic (exact) mass is 426 g/mol. The Morgan fingerprint density at radius 2 is 1.83 bits per heavy atom. The van der Waals surface area contributed by atoms with Crippen LogP contribution < -0.4 is 9.64 Å². The first-order chi connectivity index (χ1) is 14.5. The number of fused-ring (bicyclic) bond motifs is 1. The number of piperazine rings is 1. The number of ether oxygens (including phenoxy) is 1. The molecule has 0 bridgehead atoms. The maximum absolute atomic E-state index is 13.1. The predicted molar refractivity (Wildman–Crippen MR) is 111 cm³/mol. The van der Waals surface area contributed by atoms with Gasteiger partial charge in [-0.1, -0.05) is 0 Å². The van der Waals surface area contributed by atoms with Crippen molar-refractivity contribution in [1.82, 2.24) is 24.1 Å². The van der Waals surface area contributed by atoms with Gasteiger partial charge in [-0.3, -0.25) is 0 Å². The summed E-state index contributed by atoms with van der Waals surface area (Å²) in [5, 5.41) is 4.23. The third kappa shape index (κ3) is 3.41. The molecule has 0 aliphatic carbocycles. The fraction of sp³-hybridized carbons (Fsp3) is 0.350. The van der Waals surface area contributed by atoms with Gasteiger partial charge in [0.1, 0.15) is 17.4 Å². The van der Waals surface area contributed by atoms with Crippen LogP contribution in [0.5, 0.6) is 5.75 Å². The van der Waals surface area contributed by atoms with E-state index in [1.165, 1.54) is 0 Å². The molecule has 10 heteroatoms. The van der Waals surface area contributed by atoms with E-state index in [-0.39, 0.29) is 0 Å². The lowest BCUT2D eigenvalue weighted by Gasteiger charge is -2.34. The maximum atomic E-state index is 13.1. The Kier molecular flexibility index (Phi) is 4.67. The molecule has 2 aliphatic heterocycles. The molecule has 4 heterocycles. The minimum Gasteiger partial charge on any atom is -0.493 e. The van der Waals surface area contributed by atoms with E-state index in [1.54, 1.807) is 33.4 Å². The first-order valence-corrected chi connectivity index (χ1v) is 11.3. The summed E-state index contributed by atoms with van der Waals surface area (Å²) in [4.78, 5) is 11.4. The van der Waals surface area contributed by atoms with Crippen LogP contribution in [-0.2, 0) is 16.4 Å². The average Bonchev–Trinajstić information content (AvgIpc) is 3.45. The topological polar surface area (TPSA) is 93.5 Å². The molecule has 0 spiro atoms. The van der Waals surface area contributed by atoms with Crippen LogP contribution in [0.25, 0.3) is 5.82 Å². The van der Waals surface area contributed by atoms with E-state index < -0.39 is 10.0 Å². The Labute approximate surface area is 175 Å². The van der Waals surface area contributed by atoms with Crippen LogP contribution in [-0.4, -0.2) is 65.3 Å². The van der Waals surface area contributed by atoms with Crippen molar-refractivity contribution in [3.63, 3.8) is 0 Å². The van der Waals surface area contributed by atoms with Gasteiger partial charge in [0.25, 0.3) is 0 Å². The Morgan fingerprint density at radius 3 is 2.60 bits per heavy atom. The Balaban J connectivity index is 1.33. The van der Waals surface area contributed by atoms with Gasteiger partial charge in [-0.25, -0.2) is 23.1 Å². The molecule has 1 fully saturated rings. The van der Waals surface area contributed by atoms with Gasteiger partial charge in [-0.15, -0.1) is 0 Å². The van der Waals surface area contributed by atoms with Gasteiger partial charge in [-0.2, -0.15) is 9.40 Å². The van der Waals surface area contributed by atoms with Crippen LogP contribution >= 0.6 is 0 Å². The predicted octanol–water partition coefficient (Wildman–Crippen LogP) is 1.42. The van der Waals surface area contributed by atoms with Gasteiger partial charge in [-0.05, 0) is 36.8 Å². The highest BCUT2D eigenvalue weighted by Gasteiger charge is 2.30. The molecule has 1 saturated heterocycles. The SMILES string of the molecule is Cc1nc(N2CCN(S(=O)(=O)c3ccc4c(c3)CCO4)CC2)cc(-n2cccn2)n1. The molecule has 3 aromatic rings. The lowest BCUT2D eigenvalue weighted by Crippen LogP contribution is -2.49. The minimum absolute atomic E-state index is 0.332. The molecule has 156 valence electrons. The summed E-state index contributed by atoms with van der Waals surface area (Å²) in [6, 6.07) is 8.85. The summed E-state index contributed by atoms with van der Waals surface area (Å²) >= 11 is 0. The smallest absolute Gasteiger partial charge is 0.243 e. The molecule has 0 saturated carbocycles. The standard InChI is InChI=1S/C20H22N6O3S/c1-15-22-19(14-20(23-15)26-7-2-6-21-26)24-8-10-25(11-9-24)30(27,28)17-3-4-18-16(13-17)5-12-29-18/h2-4,6-7,13-14H,5,8-12H2,1H3. The molecule has 0 unspecified atom stereocenters. The summed E-state index contributed by atoms with van der Waals surface area (Å²) in [6.07, 6.45) is 4.28. The van der Waals surface area contributed by atoms with E-state index in [0.29, 0.717) is 49.3 Å². The van der Waals surface area contributed by atoms with E-state index in [2.05, 4.69) is 20.0 Å². The summed E-state index contributed by atoms with van der Waals surface area (Å²) in [7, 11) is -3.54.